The van der Waals surface area contributed by atoms with E-state index >= 15 is 0 Å². The Hall–Kier alpha value is -0.910. The monoisotopic (exact) mass is 240 g/mol. The van der Waals surface area contributed by atoms with E-state index in [0.29, 0.717) is 0 Å². The molecule has 5 heteroatoms. The summed E-state index contributed by atoms with van der Waals surface area (Å²) >= 11 is 0. The standard InChI is InChI=1S/C11H16N2O2S/c12-16(14,15)11-5-3-4-10(8-11)9-13-6-1-2-7-13/h3-5,8H,1-2,6-7,9H2,(H2,12,14,15). The van der Waals surface area contributed by atoms with Crippen molar-refractivity contribution >= 4 is 10.0 Å². The van der Waals surface area contributed by atoms with Crippen LogP contribution in [0.2, 0.25) is 0 Å². The first-order valence-electron chi connectivity index (χ1n) is 5.40. The Morgan fingerprint density at radius 1 is 1.25 bits per heavy atom. The lowest BCUT2D eigenvalue weighted by atomic mass is 10.2. The molecule has 88 valence electrons. The van der Waals surface area contributed by atoms with Crippen molar-refractivity contribution < 1.29 is 8.42 Å². The van der Waals surface area contributed by atoms with Gasteiger partial charge in [0.2, 0.25) is 10.0 Å². The molecule has 1 heterocycles. The predicted molar refractivity (Wildman–Crippen MR) is 62.3 cm³/mol. The highest BCUT2D eigenvalue weighted by Gasteiger charge is 2.13. The molecule has 0 radical (unpaired) electrons. The number of benzene rings is 1. The zero-order chi connectivity index (χ0) is 11.6. The van der Waals surface area contributed by atoms with Gasteiger partial charge in [-0.3, -0.25) is 4.90 Å². The van der Waals surface area contributed by atoms with Gasteiger partial charge in [0, 0.05) is 6.54 Å². The number of hydrogen-bond donors (Lipinski definition) is 1. The molecule has 4 nitrogen and oxygen atoms in total. The zero-order valence-corrected chi connectivity index (χ0v) is 9.91. The highest BCUT2D eigenvalue weighted by molar-refractivity contribution is 7.89. The molecule has 0 spiro atoms. The Bertz CT molecular complexity index is 465. The lowest BCUT2D eigenvalue weighted by molar-refractivity contribution is 0.331. The average Bonchev–Trinajstić information content (AvgIpc) is 2.70. The average molecular weight is 240 g/mol. The van der Waals surface area contributed by atoms with E-state index in [-0.39, 0.29) is 4.90 Å². The van der Waals surface area contributed by atoms with Crippen molar-refractivity contribution in [3.8, 4) is 0 Å². The van der Waals surface area contributed by atoms with Gasteiger partial charge in [-0.1, -0.05) is 12.1 Å². The molecule has 0 unspecified atom stereocenters. The van der Waals surface area contributed by atoms with Crippen LogP contribution in [0.3, 0.4) is 0 Å². The molecule has 0 saturated carbocycles. The normalized spacial score (nSPS) is 17.8. The van der Waals surface area contributed by atoms with E-state index in [4.69, 9.17) is 5.14 Å². The van der Waals surface area contributed by atoms with Crippen LogP contribution in [0.5, 0.6) is 0 Å². The molecule has 0 aromatic heterocycles. The fourth-order valence-electron chi connectivity index (χ4n) is 2.02. The molecule has 1 aliphatic heterocycles. The molecule has 0 aliphatic carbocycles. The van der Waals surface area contributed by atoms with Gasteiger partial charge < -0.3 is 0 Å². The van der Waals surface area contributed by atoms with Crippen molar-refractivity contribution in [2.45, 2.75) is 24.3 Å². The SMILES string of the molecule is NS(=O)(=O)c1cccc(CN2CCCC2)c1. The smallest absolute Gasteiger partial charge is 0.238 e. The fourth-order valence-corrected chi connectivity index (χ4v) is 2.60. The third kappa shape index (κ3) is 2.81. The maximum Gasteiger partial charge on any atom is 0.238 e. The predicted octanol–water partition coefficient (Wildman–Crippen LogP) is 0.930. The molecular formula is C11H16N2O2S. The topological polar surface area (TPSA) is 63.4 Å². The first kappa shape index (κ1) is 11.6. The Morgan fingerprint density at radius 3 is 2.56 bits per heavy atom. The van der Waals surface area contributed by atoms with Crippen LogP contribution in [0.4, 0.5) is 0 Å². The third-order valence-corrected chi connectivity index (χ3v) is 3.74. The number of nitrogens with zero attached hydrogens (tertiary/aromatic N) is 1. The highest BCUT2D eigenvalue weighted by Crippen LogP contribution is 2.15. The van der Waals surface area contributed by atoms with Gasteiger partial charge in [-0.15, -0.1) is 0 Å². The third-order valence-electron chi connectivity index (χ3n) is 2.83. The number of hydrogen-bond acceptors (Lipinski definition) is 3. The van der Waals surface area contributed by atoms with Crippen molar-refractivity contribution in [3.63, 3.8) is 0 Å². The quantitative estimate of drug-likeness (QED) is 0.855. The summed E-state index contributed by atoms with van der Waals surface area (Å²) in [5, 5.41) is 5.09. The second-order valence-corrected chi connectivity index (χ2v) is 5.74. The fraction of sp³-hybridized carbons (Fsp3) is 0.455. The van der Waals surface area contributed by atoms with Gasteiger partial charge in [0.15, 0.2) is 0 Å². The maximum absolute atomic E-state index is 11.2. The van der Waals surface area contributed by atoms with Crippen molar-refractivity contribution in [2.75, 3.05) is 13.1 Å². The van der Waals surface area contributed by atoms with E-state index in [1.54, 1.807) is 12.1 Å². The van der Waals surface area contributed by atoms with Gasteiger partial charge in [0.05, 0.1) is 4.90 Å². The lowest BCUT2D eigenvalue weighted by Gasteiger charge is -2.14. The van der Waals surface area contributed by atoms with Crippen molar-refractivity contribution in [1.82, 2.24) is 4.90 Å². The minimum absolute atomic E-state index is 0.198. The molecule has 16 heavy (non-hydrogen) atoms. The Balaban J connectivity index is 2.16. The summed E-state index contributed by atoms with van der Waals surface area (Å²) in [6.45, 7) is 3.00. The van der Waals surface area contributed by atoms with Gasteiger partial charge in [0.1, 0.15) is 0 Å². The number of likely N-dealkylation sites (tertiary alicyclic amines) is 1. The summed E-state index contributed by atoms with van der Waals surface area (Å²) in [4.78, 5) is 2.52. The van der Waals surface area contributed by atoms with Crippen LogP contribution in [0.15, 0.2) is 29.2 Å². The zero-order valence-electron chi connectivity index (χ0n) is 9.09. The molecule has 0 amide bonds. The second kappa shape index (κ2) is 4.53. The molecule has 1 aromatic rings. The number of sulfonamides is 1. The van der Waals surface area contributed by atoms with E-state index in [1.807, 2.05) is 6.07 Å². The largest absolute Gasteiger partial charge is 0.299 e. The van der Waals surface area contributed by atoms with E-state index < -0.39 is 10.0 Å². The van der Waals surface area contributed by atoms with Crippen LogP contribution in [-0.4, -0.2) is 26.4 Å². The molecule has 2 N–H and O–H groups in total. The van der Waals surface area contributed by atoms with Gasteiger partial charge in [-0.25, -0.2) is 13.6 Å². The van der Waals surface area contributed by atoms with E-state index in [0.717, 1.165) is 25.2 Å². The maximum atomic E-state index is 11.2. The van der Waals surface area contributed by atoms with Gasteiger partial charge in [0.25, 0.3) is 0 Å². The summed E-state index contributed by atoms with van der Waals surface area (Å²) in [7, 11) is -3.58. The highest BCUT2D eigenvalue weighted by atomic mass is 32.2. The molecule has 0 atom stereocenters. The van der Waals surface area contributed by atoms with Crippen LogP contribution in [0.1, 0.15) is 18.4 Å². The van der Waals surface area contributed by atoms with E-state index in [9.17, 15) is 8.42 Å². The van der Waals surface area contributed by atoms with Crippen molar-refractivity contribution in [3.05, 3.63) is 29.8 Å². The Labute approximate surface area is 96.1 Å². The number of primary sulfonamides is 1. The van der Waals surface area contributed by atoms with Gasteiger partial charge in [-0.05, 0) is 43.6 Å². The number of rotatable bonds is 3. The van der Waals surface area contributed by atoms with E-state index in [1.165, 1.54) is 18.9 Å². The molecule has 1 fully saturated rings. The minimum atomic E-state index is -3.58. The second-order valence-electron chi connectivity index (χ2n) is 4.18. The summed E-state index contributed by atoms with van der Waals surface area (Å²) in [6, 6.07) is 6.87. The molecule has 1 aliphatic rings. The van der Waals surface area contributed by atoms with Crippen LogP contribution in [-0.2, 0) is 16.6 Å². The summed E-state index contributed by atoms with van der Waals surface area (Å²) in [5.41, 5.74) is 1.01. The Morgan fingerprint density at radius 2 is 1.94 bits per heavy atom. The van der Waals surface area contributed by atoms with Gasteiger partial charge in [-0.2, -0.15) is 0 Å². The van der Waals surface area contributed by atoms with Crippen LogP contribution < -0.4 is 5.14 Å². The summed E-state index contributed by atoms with van der Waals surface area (Å²) in [6.07, 6.45) is 2.46. The van der Waals surface area contributed by atoms with Crippen LogP contribution >= 0.6 is 0 Å². The van der Waals surface area contributed by atoms with E-state index in [2.05, 4.69) is 4.90 Å². The molecule has 1 aromatic carbocycles. The van der Waals surface area contributed by atoms with Crippen LogP contribution in [0.25, 0.3) is 0 Å². The molecule has 2 rings (SSSR count). The van der Waals surface area contributed by atoms with Crippen LogP contribution in [0, 0.1) is 0 Å². The molecular weight excluding hydrogens is 224 g/mol. The Kier molecular flexibility index (Phi) is 3.28. The first-order valence-corrected chi connectivity index (χ1v) is 6.94. The minimum Gasteiger partial charge on any atom is -0.299 e. The summed E-state index contributed by atoms with van der Waals surface area (Å²) in [5.74, 6) is 0. The lowest BCUT2D eigenvalue weighted by Crippen LogP contribution is -2.19. The molecule has 1 saturated heterocycles. The summed E-state index contributed by atoms with van der Waals surface area (Å²) < 4.78 is 22.4. The molecule has 0 bridgehead atoms. The first-order chi connectivity index (χ1) is 7.55. The van der Waals surface area contributed by atoms with Crippen molar-refractivity contribution in [1.29, 1.82) is 0 Å². The number of nitrogens with two attached hydrogens (primary N) is 1. The van der Waals surface area contributed by atoms with Crippen molar-refractivity contribution in [2.24, 2.45) is 5.14 Å². The van der Waals surface area contributed by atoms with Gasteiger partial charge >= 0.3 is 0 Å².